The predicted molar refractivity (Wildman–Crippen MR) is 81.5 cm³/mol. The number of nitrogens with zero attached hydrogens (tertiary/aromatic N) is 1. The quantitative estimate of drug-likeness (QED) is 0.615. The van der Waals surface area contributed by atoms with E-state index in [2.05, 4.69) is 10.3 Å². The first kappa shape index (κ1) is 17.5. The van der Waals surface area contributed by atoms with Crippen molar-refractivity contribution in [1.82, 2.24) is 10.3 Å². The molecule has 0 aliphatic rings. The number of aromatic nitrogens is 1. The Morgan fingerprint density at radius 1 is 1.45 bits per heavy atom. The van der Waals surface area contributed by atoms with Crippen molar-refractivity contribution in [2.24, 2.45) is 5.92 Å². The number of hydrogen-bond acceptors (Lipinski definition) is 2. The average Bonchev–Trinajstić information content (AvgIpc) is 2.33. The van der Waals surface area contributed by atoms with E-state index in [0.717, 1.165) is 5.56 Å². The summed E-state index contributed by atoms with van der Waals surface area (Å²) < 4.78 is -1.57. The van der Waals surface area contributed by atoms with Gasteiger partial charge in [-0.15, -0.1) is 0 Å². The maximum absolute atomic E-state index is 11.8. The second-order valence-corrected chi connectivity index (χ2v) is 7.35. The van der Waals surface area contributed by atoms with Gasteiger partial charge in [-0.1, -0.05) is 54.7 Å². The summed E-state index contributed by atoms with van der Waals surface area (Å²) in [4.78, 5) is 15.8. The lowest BCUT2D eigenvalue weighted by Crippen LogP contribution is -2.95. The highest BCUT2D eigenvalue weighted by Crippen LogP contribution is 2.27. The van der Waals surface area contributed by atoms with Crippen LogP contribution in [0, 0.1) is 5.92 Å². The first-order chi connectivity index (χ1) is 9.29. The van der Waals surface area contributed by atoms with Crippen LogP contribution in [0.2, 0.25) is 0 Å². The first-order valence-electron chi connectivity index (χ1n) is 6.37. The van der Waals surface area contributed by atoms with Crippen molar-refractivity contribution < 1.29 is 10.1 Å². The van der Waals surface area contributed by atoms with Gasteiger partial charge in [-0.05, 0) is 12.0 Å². The number of amides is 1. The standard InChI is InChI=1S/C13H18Cl3N3O/c1-9(2)6-11(20)19-12(13(14,15)16)18-8-10-4-3-5-17-7-10/h3-5,7,9,12,18H,6,8H2,1-2H3,(H,19,20)/p+1/t12-/m0/s1. The number of quaternary nitrogens is 1. The smallest absolute Gasteiger partial charge is 0.262 e. The molecule has 0 saturated carbocycles. The SMILES string of the molecule is CC(C)CC(=O)N[C@H]([NH2+]Cc1cccnc1)C(Cl)(Cl)Cl. The topological polar surface area (TPSA) is 58.6 Å². The third kappa shape index (κ3) is 6.75. The van der Waals surface area contributed by atoms with Crippen LogP contribution in [-0.4, -0.2) is 20.8 Å². The first-order valence-corrected chi connectivity index (χ1v) is 7.50. The zero-order valence-corrected chi connectivity index (χ0v) is 13.7. The monoisotopic (exact) mass is 338 g/mol. The molecule has 1 atom stereocenters. The minimum absolute atomic E-state index is 0.126. The van der Waals surface area contributed by atoms with E-state index < -0.39 is 9.96 Å². The molecule has 1 aromatic rings. The second kappa shape index (κ2) is 8.03. The lowest BCUT2D eigenvalue weighted by molar-refractivity contribution is -0.707. The van der Waals surface area contributed by atoms with Crippen LogP contribution >= 0.6 is 34.8 Å². The molecule has 0 spiro atoms. The average molecular weight is 340 g/mol. The van der Waals surface area contributed by atoms with Gasteiger partial charge in [0.25, 0.3) is 3.79 Å². The number of pyridine rings is 1. The number of nitrogens with one attached hydrogen (secondary N) is 1. The highest BCUT2D eigenvalue weighted by atomic mass is 35.6. The van der Waals surface area contributed by atoms with Gasteiger partial charge in [-0.2, -0.15) is 0 Å². The van der Waals surface area contributed by atoms with Gasteiger partial charge < -0.3 is 10.6 Å². The van der Waals surface area contributed by atoms with Gasteiger partial charge in [0.15, 0.2) is 0 Å². The Morgan fingerprint density at radius 3 is 2.65 bits per heavy atom. The normalized spacial score (nSPS) is 13.3. The zero-order chi connectivity index (χ0) is 15.2. The van der Waals surface area contributed by atoms with E-state index in [1.165, 1.54) is 0 Å². The van der Waals surface area contributed by atoms with Crippen molar-refractivity contribution in [2.75, 3.05) is 0 Å². The van der Waals surface area contributed by atoms with E-state index >= 15 is 0 Å². The summed E-state index contributed by atoms with van der Waals surface area (Å²) in [5, 5.41) is 4.53. The Hall–Kier alpha value is -0.550. The minimum Gasteiger partial charge on any atom is -0.319 e. The van der Waals surface area contributed by atoms with Gasteiger partial charge in [0.05, 0.1) is 0 Å². The summed E-state index contributed by atoms with van der Waals surface area (Å²) in [6.45, 7) is 4.49. The molecule has 4 nitrogen and oxygen atoms in total. The van der Waals surface area contributed by atoms with Crippen molar-refractivity contribution in [3.8, 4) is 0 Å². The fourth-order valence-electron chi connectivity index (χ4n) is 1.65. The molecule has 1 heterocycles. The fraction of sp³-hybridized carbons (Fsp3) is 0.538. The van der Waals surface area contributed by atoms with Crippen LogP contribution in [-0.2, 0) is 11.3 Å². The Balaban J connectivity index is 2.59. The van der Waals surface area contributed by atoms with Gasteiger partial charge >= 0.3 is 0 Å². The van der Waals surface area contributed by atoms with Crippen LogP contribution in [0.1, 0.15) is 25.8 Å². The molecule has 1 rings (SSSR count). The Kier molecular flexibility index (Phi) is 7.03. The molecule has 0 radical (unpaired) electrons. The van der Waals surface area contributed by atoms with E-state index in [4.69, 9.17) is 34.8 Å². The molecule has 0 aliphatic carbocycles. The molecule has 7 heteroatoms. The highest BCUT2D eigenvalue weighted by molar-refractivity contribution is 6.68. The maximum atomic E-state index is 11.8. The Bertz CT molecular complexity index is 421. The van der Waals surface area contributed by atoms with Crippen LogP contribution in [0.4, 0.5) is 0 Å². The summed E-state index contributed by atoms with van der Waals surface area (Å²) in [5.41, 5.74) is 0.991. The van der Waals surface area contributed by atoms with Crippen molar-refractivity contribution in [2.45, 2.75) is 36.8 Å². The maximum Gasteiger partial charge on any atom is 0.262 e. The number of nitrogens with two attached hydrogens (primary N) is 1. The molecule has 0 unspecified atom stereocenters. The molecular weight excluding hydrogens is 321 g/mol. The molecule has 0 bridgehead atoms. The van der Waals surface area contributed by atoms with Crippen LogP contribution in [0.3, 0.4) is 0 Å². The minimum atomic E-state index is -1.57. The predicted octanol–water partition coefficient (Wildman–Crippen LogP) is 2.00. The number of rotatable bonds is 6. The molecule has 112 valence electrons. The van der Waals surface area contributed by atoms with Crippen molar-refractivity contribution in [3.05, 3.63) is 30.1 Å². The molecular formula is C13H19Cl3N3O+. The molecule has 0 saturated heterocycles. The number of halogens is 3. The van der Waals surface area contributed by atoms with E-state index in [0.29, 0.717) is 13.0 Å². The molecule has 1 aromatic heterocycles. The Labute approximate surface area is 134 Å². The van der Waals surface area contributed by atoms with E-state index in [9.17, 15) is 4.79 Å². The van der Waals surface area contributed by atoms with E-state index in [1.54, 1.807) is 17.7 Å². The van der Waals surface area contributed by atoms with Crippen LogP contribution in [0.25, 0.3) is 0 Å². The number of carbonyl (C=O) groups excluding carboxylic acids is 1. The van der Waals surface area contributed by atoms with Crippen molar-refractivity contribution >= 4 is 40.7 Å². The van der Waals surface area contributed by atoms with Crippen molar-refractivity contribution in [1.29, 1.82) is 0 Å². The molecule has 0 aliphatic heterocycles. The fourth-order valence-corrected chi connectivity index (χ4v) is 2.08. The van der Waals surface area contributed by atoms with Crippen LogP contribution < -0.4 is 10.6 Å². The van der Waals surface area contributed by atoms with Gasteiger partial charge in [-0.3, -0.25) is 9.78 Å². The van der Waals surface area contributed by atoms with Gasteiger partial charge in [0.2, 0.25) is 12.1 Å². The van der Waals surface area contributed by atoms with E-state index in [-0.39, 0.29) is 11.8 Å². The molecule has 3 N–H and O–H groups in total. The number of carbonyl (C=O) groups is 1. The largest absolute Gasteiger partial charge is 0.319 e. The van der Waals surface area contributed by atoms with Crippen LogP contribution in [0.5, 0.6) is 0 Å². The van der Waals surface area contributed by atoms with Gasteiger partial charge in [0, 0.05) is 24.4 Å². The third-order valence-corrected chi connectivity index (χ3v) is 3.28. The molecule has 1 amide bonds. The van der Waals surface area contributed by atoms with E-state index in [1.807, 2.05) is 26.0 Å². The van der Waals surface area contributed by atoms with Crippen LogP contribution in [0.15, 0.2) is 24.5 Å². The summed E-state index contributed by atoms with van der Waals surface area (Å²) in [6.07, 6.45) is 3.19. The lowest BCUT2D eigenvalue weighted by Gasteiger charge is -2.23. The molecule has 20 heavy (non-hydrogen) atoms. The number of hydrogen-bond donors (Lipinski definition) is 2. The van der Waals surface area contributed by atoms with Crippen molar-refractivity contribution in [3.63, 3.8) is 0 Å². The lowest BCUT2D eigenvalue weighted by atomic mass is 10.1. The Morgan fingerprint density at radius 2 is 2.15 bits per heavy atom. The highest BCUT2D eigenvalue weighted by Gasteiger charge is 2.37. The summed E-state index contributed by atoms with van der Waals surface area (Å²) >= 11 is 17.7. The molecule has 0 aromatic carbocycles. The summed E-state index contributed by atoms with van der Waals surface area (Å²) in [6, 6.07) is 3.76. The molecule has 0 fully saturated rings. The number of alkyl halides is 3. The third-order valence-electron chi connectivity index (χ3n) is 2.57. The van der Waals surface area contributed by atoms with Gasteiger partial charge in [-0.25, -0.2) is 0 Å². The summed E-state index contributed by atoms with van der Waals surface area (Å²) in [7, 11) is 0. The zero-order valence-electron chi connectivity index (χ0n) is 11.4. The van der Waals surface area contributed by atoms with Gasteiger partial charge in [0.1, 0.15) is 6.54 Å². The second-order valence-electron chi connectivity index (χ2n) is 4.99. The summed E-state index contributed by atoms with van der Waals surface area (Å²) in [5.74, 6) is 0.128.